The summed E-state index contributed by atoms with van der Waals surface area (Å²) in [6.45, 7) is 5.03. The second-order valence-electron chi connectivity index (χ2n) is 10.2. The number of aromatic nitrogens is 1. The largest absolute Gasteiger partial charge is 0.492 e. The van der Waals surface area contributed by atoms with Crippen molar-refractivity contribution in [2.75, 3.05) is 38.6 Å². The van der Waals surface area contributed by atoms with Crippen LogP contribution in [-0.4, -0.2) is 61.2 Å². The van der Waals surface area contributed by atoms with Gasteiger partial charge in [0.1, 0.15) is 17.2 Å². The van der Waals surface area contributed by atoms with E-state index in [4.69, 9.17) is 21.1 Å². The number of anilines is 1. The van der Waals surface area contributed by atoms with Crippen LogP contribution in [-0.2, 0) is 0 Å². The van der Waals surface area contributed by atoms with E-state index < -0.39 is 0 Å². The molecule has 1 aliphatic carbocycles. The molecule has 1 aliphatic heterocycles. The van der Waals surface area contributed by atoms with E-state index in [1.54, 1.807) is 42.6 Å². The Bertz CT molecular complexity index is 1360. The van der Waals surface area contributed by atoms with E-state index in [9.17, 15) is 9.59 Å². The van der Waals surface area contributed by atoms with Crippen molar-refractivity contribution in [1.29, 1.82) is 0 Å². The molecule has 1 saturated carbocycles. The molecule has 0 spiro atoms. The van der Waals surface area contributed by atoms with Gasteiger partial charge in [-0.15, -0.1) is 0 Å². The Balaban J connectivity index is 1.37. The van der Waals surface area contributed by atoms with E-state index in [1.807, 2.05) is 6.92 Å². The quantitative estimate of drug-likeness (QED) is 0.327. The molecule has 0 radical (unpaired) electrons. The molecule has 3 amide bonds. The number of ether oxygens (including phenoxy) is 2. The second-order valence-corrected chi connectivity index (χ2v) is 10.6. The fraction of sp³-hybridized carbons (Fsp3) is 0.414. The molecular formula is C29H34ClN5O4. The first-order valence-electron chi connectivity index (χ1n) is 13.5. The highest BCUT2D eigenvalue weighted by Crippen LogP contribution is 2.36. The summed E-state index contributed by atoms with van der Waals surface area (Å²) in [5, 5.41) is 9.55. The van der Waals surface area contributed by atoms with Crippen molar-refractivity contribution in [3.05, 3.63) is 53.2 Å². The first-order chi connectivity index (χ1) is 18.9. The van der Waals surface area contributed by atoms with Crippen LogP contribution in [0.4, 0.5) is 10.5 Å². The number of carbonyl (C=O) groups is 2. The highest BCUT2D eigenvalue weighted by atomic mass is 35.5. The number of fused-ring (bicyclic) bond motifs is 1. The Morgan fingerprint density at radius 1 is 1.08 bits per heavy atom. The van der Waals surface area contributed by atoms with E-state index >= 15 is 0 Å². The molecule has 5 rings (SSSR count). The van der Waals surface area contributed by atoms with E-state index in [2.05, 4.69) is 32.9 Å². The van der Waals surface area contributed by atoms with Gasteiger partial charge in [-0.1, -0.05) is 11.6 Å². The van der Waals surface area contributed by atoms with E-state index in [1.165, 1.54) is 0 Å². The zero-order valence-electron chi connectivity index (χ0n) is 22.3. The van der Waals surface area contributed by atoms with Crippen molar-refractivity contribution >= 4 is 40.1 Å². The van der Waals surface area contributed by atoms with Gasteiger partial charge in [0.15, 0.2) is 0 Å². The van der Waals surface area contributed by atoms with Gasteiger partial charge in [0.05, 0.1) is 28.4 Å². The number of likely N-dealkylation sites (tertiary alicyclic amines) is 1. The van der Waals surface area contributed by atoms with E-state index in [-0.39, 0.29) is 18.0 Å². The molecule has 0 atom stereocenters. The van der Waals surface area contributed by atoms with Crippen molar-refractivity contribution in [2.45, 2.75) is 38.6 Å². The number of piperidine rings is 1. The Morgan fingerprint density at radius 3 is 2.59 bits per heavy atom. The van der Waals surface area contributed by atoms with Gasteiger partial charge in [0, 0.05) is 36.3 Å². The molecule has 0 bridgehead atoms. The molecule has 1 aromatic heterocycles. The maximum absolute atomic E-state index is 13.0. The number of amides is 3. The summed E-state index contributed by atoms with van der Waals surface area (Å²) in [5.41, 5.74) is 1.58. The van der Waals surface area contributed by atoms with Gasteiger partial charge in [0.25, 0.3) is 5.91 Å². The van der Waals surface area contributed by atoms with Crippen molar-refractivity contribution < 1.29 is 19.1 Å². The van der Waals surface area contributed by atoms with Crippen LogP contribution in [0, 0.1) is 5.92 Å². The highest BCUT2D eigenvalue weighted by Gasteiger charge is 2.24. The number of hydrogen-bond donors (Lipinski definition) is 3. The van der Waals surface area contributed by atoms with Crippen LogP contribution in [0.5, 0.6) is 17.2 Å². The SMILES string of the molecule is CCNC(=O)c1cc2c(Oc3ccc(NC(=O)NC4CC4)c(Cl)c3)ccnc2cc1OCC1CCN(C)CC1. The standard InChI is InChI=1S/C29H34ClN5O4/c1-3-31-28(36)22-15-21-25(16-27(22)38-17-18-9-12-35(2)13-10-18)32-11-8-26(21)39-20-6-7-24(23(30)14-20)34-29(37)33-19-4-5-19/h6-8,11,14-16,18-19H,3-5,9-10,12-13,17H2,1-2H3,(H,31,36)(H2,33,34,37). The predicted molar refractivity (Wildman–Crippen MR) is 152 cm³/mol. The maximum atomic E-state index is 13.0. The summed E-state index contributed by atoms with van der Waals surface area (Å²) in [7, 11) is 2.13. The van der Waals surface area contributed by atoms with Crippen molar-refractivity contribution in [3.8, 4) is 17.2 Å². The number of hydrogen-bond acceptors (Lipinski definition) is 6. The molecule has 39 heavy (non-hydrogen) atoms. The van der Waals surface area contributed by atoms with E-state index in [0.717, 1.165) is 38.8 Å². The predicted octanol–water partition coefficient (Wildman–Crippen LogP) is 5.43. The number of pyridine rings is 1. The fourth-order valence-electron chi connectivity index (χ4n) is 4.59. The van der Waals surface area contributed by atoms with Crippen LogP contribution in [0.2, 0.25) is 5.02 Å². The average molecular weight is 552 g/mol. The second kappa shape index (κ2) is 12.1. The van der Waals surface area contributed by atoms with Crippen molar-refractivity contribution in [1.82, 2.24) is 20.5 Å². The third kappa shape index (κ3) is 6.91. The molecule has 9 nitrogen and oxygen atoms in total. The molecule has 0 unspecified atom stereocenters. The minimum atomic E-state index is -0.278. The minimum absolute atomic E-state index is 0.212. The van der Waals surface area contributed by atoms with Gasteiger partial charge in [-0.3, -0.25) is 9.78 Å². The Hall–Kier alpha value is -3.56. The Kier molecular flexibility index (Phi) is 8.38. The van der Waals surface area contributed by atoms with Crippen LogP contribution in [0.25, 0.3) is 10.9 Å². The van der Waals surface area contributed by atoms with Crippen LogP contribution in [0.3, 0.4) is 0 Å². The molecular weight excluding hydrogens is 518 g/mol. The number of rotatable bonds is 9. The summed E-state index contributed by atoms with van der Waals surface area (Å²) in [6, 6.07) is 10.4. The molecule has 2 heterocycles. The van der Waals surface area contributed by atoms with Crippen LogP contribution in [0.15, 0.2) is 42.6 Å². The normalized spacial score (nSPS) is 16.1. The summed E-state index contributed by atoms with van der Waals surface area (Å²) in [5.74, 6) is 1.76. The van der Waals surface area contributed by atoms with Gasteiger partial charge in [-0.2, -0.15) is 0 Å². The number of benzene rings is 2. The van der Waals surface area contributed by atoms with Crippen LogP contribution < -0.4 is 25.4 Å². The number of carbonyl (C=O) groups excluding carboxylic acids is 2. The third-order valence-corrected chi connectivity index (χ3v) is 7.34. The first-order valence-corrected chi connectivity index (χ1v) is 13.8. The summed E-state index contributed by atoms with van der Waals surface area (Å²) in [6.07, 6.45) is 5.80. The van der Waals surface area contributed by atoms with Gasteiger partial charge in [0.2, 0.25) is 0 Å². The lowest BCUT2D eigenvalue weighted by Gasteiger charge is -2.29. The fourth-order valence-corrected chi connectivity index (χ4v) is 4.80. The lowest BCUT2D eigenvalue weighted by molar-refractivity contribution is 0.0949. The minimum Gasteiger partial charge on any atom is -0.492 e. The number of nitrogens with zero attached hydrogens (tertiary/aromatic N) is 2. The summed E-state index contributed by atoms with van der Waals surface area (Å²) < 4.78 is 12.4. The Labute approximate surface area is 233 Å². The van der Waals surface area contributed by atoms with Gasteiger partial charge in [-0.05, 0) is 82.9 Å². The topological polar surface area (TPSA) is 105 Å². The molecule has 2 fully saturated rings. The first kappa shape index (κ1) is 27.0. The van der Waals surface area contributed by atoms with Gasteiger partial charge >= 0.3 is 6.03 Å². The molecule has 10 heteroatoms. The summed E-state index contributed by atoms with van der Waals surface area (Å²) in [4.78, 5) is 31.9. The third-order valence-electron chi connectivity index (χ3n) is 7.03. The smallest absolute Gasteiger partial charge is 0.319 e. The number of halogens is 1. The number of nitrogens with one attached hydrogen (secondary N) is 3. The Morgan fingerprint density at radius 2 is 1.87 bits per heavy atom. The monoisotopic (exact) mass is 551 g/mol. The molecule has 1 saturated heterocycles. The van der Waals surface area contributed by atoms with Gasteiger partial charge < -0.3 is 30.3 Å². The average Bonchev–Trinajstić information content (AvgIpc) is 3.73. The molecule has 3 N–H and O–H groups in total. The zero-order chi connectivity index (χ0) is 27.4. The molecule has 2 aliphatic rings. The number of urea groups is 1. The molecule has 2 aromatic carbocycles. The zero-order valence-corrected chi connectivity index (χ0v) is 23.0. The van der Waals surface area contributed by atoms with Crippen LogP contribution >= 0.6 is 11.6 Å². The van der Waals surface area contributed by atoms with E-state index in [0.29, 0.717) is 63.5 Å². The highest BCUT2D eigenvalue weighted by molar-refractivity contribution is 6.33. The van der Waals surface area contributed by atoms with Crippen molar-refractivity contribution in [3.63, 3.8) is 0 Å². The van der Waals surface area contributed by atoms with Gasteiger partial charge in [-0.25, -0.2) is 4.79 Å². The summed E-state index contributed by atoms with van der Waals surface area (Å²) >= 11 is 6.43. The van der Waals surface area contributed by atoms with Crippen LogP contribution in [0.1, 0.15) is 43.0 Å². The molecule has 3 aromatic rings. The lowest BCUT2D eigenvalue weighted by Crippen LogP contribution is -2.32. The lowest BCUT2D eigenvalue weighted by atomic mass is 9.98. The van der Waals surface area contributed by atoms with Crippen molar-refractivity contribution in [2.24, 2.45) is 5.92 Å². The molecule has 206 valence electrons. The maximum Gasteiger partial charge on any atom is 0.319 e.